The molecule has 0 aliphatic carbocycles. The topological polar surface area (TPSA) is 55.6 Å². The molecule has 2 aromatic heterocycles. The van der Waals surface area contributed by atoms with Gasteiger partial charge in [0.05, 0.1) is 5.69 Å². The van der Waals surface area contributed by atoms with Gasteiger partial charge in [-0.2, -0.15) is 4.98 Å². The molecule has 0 saturated heterocycles. The number of pyridine rings is 1. The summed E-state index contributed by atoms with van der Waals surface area (Å²) in [6, 6.07) is 13.9. The molecule has 20 heavy (non-hydrogen) atoms. The van der Waals surface area contributed by atoms with Crippen LogP contribution in [0.1, 0.15) is 11.3 Å². The molecule has 0 aliphatic heterocycles. The first kappa shape index (κ1) is 12.3. The maximum Gasteiger partial charge on any atom is 0.248 e. The van der Waals surface area contributed by atoms with Crippen molar-refractivity contribution >= 4 is 11.8 Å². The molecule has 1 N–H and O–H groups in total. The van der Waals surface area contributed by atoms with Gasteiger partial charge in [0.25, 0.3) is 0 Å². The highest BCUT2D eigenvalue weighted by atomic mass is 15.4. The number of hydrogen-bond donors (Lipinski definition) is 1. The molecular formula is C15H15N5. The molecule has 0 fully saturated rings. The third-order valence-corrected chi connectivity index (χ3v) is 2.85. The van der Waals surface area contributed by atoms with Gasteiger partial charge in [-0.15, -0.1) is 5.10 Å². The van der Waals surface area contributed by atoms with Gasteiger partial charge in [0, 0.05) is 5.69 Å². The molecule has 3 aromatic rings. The van der Waals surface area contributed by atoms with E-state index in [9.17, 15) is 0 Å². The van der Waals surface area contributed by atoms with E-state index in [2.05, 4.69) is 20.4 Å². The largest absolute Gasteiger partial charge is 0.307 e. The molecule has 0 radical (unpaired) electrons. The number of nitrogens with one attached hydrogen (secondary N) is 1. The summed E-state index contributed by atoms with van der Waals surface area (Å²) in [5.74, 6) is 1.29. The monoisotopic (exact) mass is 265 g/mol. The number of rotatable bonds is 3. The van der Waals surface area contributed by atoms with Gasteiger partial charge in [0.1, 0.15) is 12.1 Å². The lowest BCUT2D eigenvalue weighted by Gasteiger charge is -2.04. The van der Waals surface area contributed by atoms with E-state index in [0.717, 1.165) is 22.8 Å². The fourth-order valence-electron chi connectivity index (χ4n) is 2.05. The van der Waals surface area contributed by atoms with Crippen LogP contribution in [-0.4, -0.2) is 19.7 Å². The first-order valence-corrected chi connectivity index (χ1v) is 6.40. The Morgan fingerprint density at radius 1 is 1.05 bits per heavy atom. The quantitative estimate of drug-likeness (QED) is 0.791. The molecule has 2 heterocycles. The van der Waals surface area contributed by atoms with E-state index in [0.29, 0.717) is 5.95 Å². The minimum absolute atomic E-state index is 0.534. The molecule has 5 heteroatoms. The molecule has 5 nitrogen and oxygen atoms in total. The predicted octanol–water partition coefficient (Wildman–Crippen LogP) is 3.02. The number of benzene rings is 1. The van der Waals surface area contributed by atoms with Crippen LogP contribution in [0.4, 0.5) is 11.8 Å². The highest BCUT2D eigenvalue weighted by molar-refractivity contribution is 5.49. The molecule has 0 amide bonds. The van der Waals surface area contributed by atoms with Crippen LogP contribution in [0.5, 0.6) is 0 Å². The van der Waals surface area contributed by atoms with E-state index in [4.69, 9.17) is 0 Å². The van der Waals surface area contributed by atoms with Gasteiger partial charge in [0.15, 0.2) is 0 Å². The smallest absolute Gasteiger partial charge is 0.248 e. The van der Waals surface area contributed by atoms with E-state index in [1.807, 2.05) is 56.3 Å². The summed E-state index contributed by atoms with van der Waals surface area (Å²) in [5.41, 5.74) is 3.10. The zero-order valence-corrected chi connectivity index (χ0v) is 11.4. The fraction of sp³-hybridized carbons (Fsp3) is 0.133. The first-order valence-electron chi connectivity index (χ1n) is 6.40. The third kappa shape index (κ3) is 2.66. The number of aryl methyl sites for hydroxylation is 2. The minimum Gasteiger partial charge on any atom is -0.307 e. The molecule has 0 bridgehead atoms. The van der Waals surface area contributed by atoms with Crippen LogP contribution in [0.15, 0.2) is 48.8 Å². The minimum atomic E-state index is 0.534. The van der Waals surface area contributed by atoms with Crippen molar-refractivity contribution in [2.24, 2.45) is 0 Å². The Morgan fingerprint density at radius 3 is 2.60 bits per heavy atom. The second-order valence-corrected chi connectivity index (χ2v) is 4.64. The van der Waals surface area contributed by atoms with Crippen LogP contribution in [-0.2, 0) is 0 Å². The maximum absolute atomic E-state index is 4.41. The zero-order valence-electron chi connectivity index (χ0n) is 11.4. The van der Waals surface area contributed by atoms with Crippen LogP contribution in [0.2, 0.25) is 0 Å². The molecular weight excluding hydrogens is 250 g/mol. The van der Waals surface area contributed by atoms with Crippen molar-refractivity contribution in [1.82, 2.24) is 19.7 Å². The van der Waals surface area contributed by atoms with Gasteiger partial charge in [-0.3, -0.25) is 0 Å². The Morgan fingerprint density at radius 2 is 1.85 bits per heavy atom. The van der Waals surface area contributed by atoms with Crippen LogP contribution in [0.25, 0.3) is 5.69 Å². The van der Waals surface area contributed by atoms with Crippen molar-refractivity contribution in [3.63, 3.8) is 0 Å². The van der Waals surface area contributed by atoms with Crippen molar-refractivity contribution < 1.29 is 0 Å². The van der Waals surface area contributed by atoms with E-state index in [1.165, 1.54) is 0 Å². The summed E-state index contributed by atoms with van der Waals surface area (Å²) in [4.78, 5) is 8.66. The van der Waals surface area contributed by atoms with Crippen LogP contribution in [0, 0.1) is 13.8 Å². The summed E-state index contributed by atoms with van der Waals surface area (Å²) in [6.07, 6.45) is 1.68. The molecule has 0 aliphatic rings. The van der Waals surface area contributed by atoms with Crippen molar-refractivity contribution in [1.29, 1.82) is 0 Å². The Bertz CT molecular complexity index is 698. The van der Waals surface area contributed by atoms with Gasteiger partial charge in [-0.25, -0.2) is 9.67 Å². The van der Waals surface area contributed by atoms with Crippen molar-refractivity contribution in [3.05, 3.63) is 60.0 Å². The van der Waals surface area contributed by atoms with E-state index >= 15 is 0 Å². The fourth-order valence-corrected chi connectivity index (χ4v) is 2.05. The first-order chi connectivity index (χ1) is 9.70. The van der Waals surface area contributed by atoms with Crippen molar-refractivity contribution in [2.75, 3.05) is 5.32 Å². The summed E-state index contributed by atoms with van der Waals surface area (Å²) >= 11 is 0. The van der Waals surface area contributed by atoms with Gasteiger partial charge < -0.3 is 5.32 Å². The molecule has 0 saturated carbocycles. The van der Waals surface area contributed by atoms with Crippen molar-refractivity contribution in [3.8, 4) is 5.69 Å². The summed E-state index contributed by atoms with van der Waals surface area (Å²) < 4.78 is 1.73. The zero-order chi connectivity index (χ0) is 13.9. The maximum atomic E-state index is 4.41. The van der Waals surface area contributed by atoms with Crippen LogP contribution < -0.4 is 5.32 Å². The number of anilines is 2. The lowest BCUT2D eigenvalue weighted by molar-refractivity contribution is 0.881. The predicted molar refractivity (Wildman–Crippen MR) is 78.4 cm³/mol. The van der Waals surface area contributed by atoms with E-state index < -0.39 is 0 Å². The molecule has 1 aromatic carbocycles. The van der Waals surface area contributed by atoms with Crippen molar-refractivity contribution in [2.45, 2.75) is 13.8 Å². The Kier molecular flexibility index (Phi) is 3.16. The van der Waals surface area contributed by atoms with Gasteiger partial charge in [0.2, 0.25) is 5.95 Å². The lowest BCUT2D eigenvalue weighted by atomic mass is 10.2. The Balaban J connectivity index is 1.84. The number of para-hydroxylation sites is 1. The van der Waals surface area contributed by atoms with Crippen LogP contribution >= 0.6 is 0 Å². The number of nitrogens with zero attached hydrogens (tertiary/aromatic N) is 4. The van der Waals surface area contributed by atoms with Gasteiger partial charge in [-0.05, 0) is 43.7 Å². The average molecular weight is 265 g/mol. The average Bonchev–Trinajstić information content (AvgIpc) is 2.87. The Labute approximate surface area is 117 Å². The molecule has 0 spiro atoms. The van der Waals surface area contributed by atoms with Crippen LogP contribution in [0.3, 0.4) is 0 Å². The highest BCUT2D eigenvalue weighted by Gasteiger charge is 2.04. The molecule has 0 unspecified atom stereocenters. The summed E-state index contributed by atoms with van der Waals surface area (Å²) in [7, 11) is 0. The third-order valence-electron chi connectivity index (χ3n) is 2.85. The SMILES string of the molecule is Cc1cc(C)nc(Nc2ncn(-c3ccccc3)n2)c1. The highest BCUT2D eigenvalue weighted by Crippen LogP contribution is 2.14. The molecule has 100 valence electrons. The van der Waals surface area contributed by atoms with Gasteiger partial charge >= 0.3 is 0 Å². The lowest BCUT2D eigenvalue weighted by Crippen LogP contribution is -1.99. The molecule has 0 atom stereocenters. The second-order valence-electron chi connectivity index (χ2n) is 4.64. The van der Waals surface area contributed by atoms with E-state index in [1.54, 1.807) is 11.0 Å². The van der Waals surface area contributed by atoms with Gasteiger partial charge in [-0.1, -0.05) is 18.2 Å². The standard InChI is InChI=1S/C15H15N5/c1-11-8-12(2)17-14(9-11)18-15-16-10-20(19-15)13-6-4-3-5-7-13/h3-10H,1-2H3,(H,17,18,19). The number of hydrogen-bond acceptors (Lipinski definition) is 4. The van der Waals surface area contributed by atoms with E-state index in [-0.39, 0.29) is 0 Å². The second kappa shape index (κ2) is 5.13. The molecule has 3 rings (SSSR count). The number of aromatic nitrogens is 4. The normalized spacial score (nSPS) is 10.5. The summed E-state index contributed by atoms with van der Waals surface area (Å²) in [5, 5.41) is 7.51. The summed E-state index contributed by atoms with van der Waals surface area (Å²) in [6.45, 7) is 4.00. The Hall–Kier alpha value is -2.69.